The molecule has 0 fully saturated rings. The van der Waals surface area contributed by atoms with Crippen molar-refractivity contribution in [2.45, 2.75) is 13.8 Å². The fourth-order valence-corrected chi connectivity index (χ4v) is 2.43. The Bertz CT molecular complexity index is 830. The third kappa shape index (κ3) is 2.65. The second-order valence-corrected chi connectivity index (χ2v) is 5.48. The van der Waals surface area contributed by atoms with E-state index in [1.54, 1.807) is 6.20 Å². The van der Waals surface area contributed by atoms with Crippen LogP contribution in [0.3, 0.4) is 0 Å². The highest BCUT2D eigenvalue weighted by atomic mass is 35.5. The molecule has 4 heteroatoms. The van der Waals surface area contributed by atoms with E-state index in [0.717, 1.165) is 39.2 Å². The van der Waals surface area contributed by atoms with E-state index < -0.39 is 0 Å². The first-order valence-electron chi connectivity index (χ1n) is 6.63. The summed E-state index contributed by atoms with van der Waals surface area (Å²) in [5.41, 5.74) is 9.58. The smallest absolute Gasteiger partial charge is 0.138 e. The van der Waals surface area contributed by atoms with Gasteiger partial charge in [0, 0.05) is 28.4 Å². The molecule has 2 aromatic carbocycles. The molecule has 0 saturated carbocycles. The molecule has 0 aliphatic heterocycles. The molecule has 0 aliphatic rings. The molecule has 3 aromatic rings. The van der Waals surface area contributed by atoms with Crippen molar-refractivity contribution in [2.75, 3.05) is 5.73 Å². The number of rotatable bonds is 2. The largest absolute Gasteiger partial charge is 0.456 e. The second kappa shape index (κ2) is 5.26. The third-order valence-corrected chi connectivity index (χ3v) is 3.68. The SMILES string of the molecule is Cc1cc(C)c(Oc2ccnc3cc(Cl)ccc23)cc1N. The summed E-state index contributed by atoms with van der Waals surface area (Å²) in [5, 5.41) is 1.57. The van der Waals surface area contributed by atoms with Crippen LogP contribution in [0.15, 0.2) is 42.6 Å². The molecule has 0 unspecified atom stereocenters. The number of anilines is 1. The Morgan fingerprint density at radius 2 is 1.81 bits per heavy atom. The molecule has 3 rings (SSSR count). The molecule has 1 aromatic heterocycles. The van der Waals surface area contributed by atoms with Gasteiger partial charge in [0.25, 0.3) is 0 Å². The van der Waals surface area contributed by atoms with Crippen molar-refractivity contribution in [3.05, 3.63) is 58.7 Å². The van der Waals surface area contributed by atoms with Crippen molar-refractivity contribution in [2.24, 2.45) is 0 Å². The minimum absolute atomic E-state index is 0.655. The van der Waals surface area contributed by atoms with Crippen molar-refractivity contribution in [3.63, 3.8) is 0 Å². The highest BCUT2D eigenvalue weighted by Gasteiger charge is 2.08. The van der Waals surface area contributed by atoms with Crippen LogP contribution in [0.2, 0.25) is 5.02 Å². The van der Waals surface area contributed by atoms with Crippen LogP contribution < -0.4 is 10.5 Å². The maximum atomic E-state index is 6.04. The number of nitrogen functional groups attached to an aromatic ring is 1. The van der Waals surface area contributed by atoms with Crippen LogP contribution in [0, 0.1) is 13.8 Å². The number of benzene rings is 2. The fourth-order valence-electron chi connectivity index (χ4n) is 2.26. The number of halogens is 1. The molecule has 0 radical (unpaired) electrons. The van der Waals surface area contributed by atoms with Gasteiger partial charge in [-0.1, -0.05) is 17.7 Å². The van der Waals surface area contributed by atoms with Gasteiger partial charge in [0.2, 0.25) is 0 Å². The number of aryl methyl sites for hydroxylation is 2. The Balaban J connectivity index is 2.08. The van der Waals surface area contributed by atoms with Gasteiger partial charge in [0.05, 0.1) is 5.52 Å². The molecule has 1 heterocycles. The summed E-state index contributed by atoms with van der Waals surface area (Å²) in [4.78, 5) is 4.31. The summed E-state index contributed by atoms with van der Waals surface area (Å²) in [7, 11) is 0. The van der Waals surface area contributed by atoms with E-state index in [2.05, 4.69) is 4.98 Å². The van der Waals surface area contributed by atoms with Gasteiger partial charge in [-0.05, 0) is 49.2 Å². The molecule has 106 valence electrons. The Morgan fingerprint density at radius 1 is 1.00 bits per heavy atom. The Morgan fingerprint density at radius 3 is 2.62 bits per heavy atom. The highest BCUT2D eigenvalue weighted by molar-refractivity contribution is 6.31. The molecule has 3 nitrogen and oxygen atoms in total. The van der Waals surface area contributed by atoms with Crippen LogP contribution in [0.5, 0.6) is 11.5 Å². The van der Waals surface area contributed by atoms with E-state index in [-0.39, 0.29) is 0 Å². The average molecular weight is 299 g/mol. The summed E-state index contributed by atoms with van der Waals surface area (Å²) in [6.07, 6.45) is 1.71. The normalized spacial score (nSPS) is 10.8. The number of aromatic nitrogens is 1. The highest BCUT2D eigenvalue weighted by Crippen LogP contribution is 2.33. The lowest BCUT2D eigenvalue weighted by molar-refractivity contribution is 0.484. The van der Waals surface area contributed by atoms with E-state index in [1.165, 1.54) is 0 Å². The number of nitrogens with two attached hydrogens (primary N) is 1. The minimum atomic E-state index is 0.655. The van der Waals surface area contributed by atoms with Gasteiger partial charge >= 0.3 is 0 Å². The van der Waals surface area contributed by atoms with E-state index in [4.69, 9.17) is 22.1 Å². The number of ether oxygens (including phenoxy) is 1. The molecular weight excluding hydrogens is 284 g/mol. The second-order valence-electron chi connectivity index (χ2n) is 5.05. The van der Waals surface area contributed by atoms with Crippen molar-refractivity contribution in [1.29, 1.82) is 0 Å². The van der Waals surface area contributed by atoms with Crippen molar-refractivity contribution in [3.8, 4) is 11.5 Å². The molecule has 0 bridgehead atoms. The van der Waals surface area contributed by atoms with Crippen molar-refractivity contribution >= 4 is 28.2 Å². The maximum Gasteiger partial charge on any atom is 0.138 e. The topological polar surface area (TPSA) is 48.1 Å². The van der Waals surface area contributed by atoms with Gasteiger partial charge < -0.3 is 10.5 Å². The fraction of sp³-hybridized carbons (Fsp3) is 0.118. The zero-order valence-corrected chi connectivity index (χ0v) is 12.6. The zero-order chi connectivity index (χ0) is 15.0. The monoisotopic (exact) mass is 298 g/mol. The number of hydrogen-bond donors (Lipinski definition) is 1. The van der Waals surface area contributed by atoms with Gasteiger partial charge in [0.15, 0.2) is 0 Å². The molecule has 21 heavy (non-hydrogen) atoms. The first-order valence-corrected chi connectivity index (χ1v) is 7.01. The van der Waals surface area contributed by atoms with Gasteiger partial charge in [-0.25, -0.2) is 0 Å². The predicted octanol–water partition coefficient (Wildman–Crippen LogP) is 4.88. The van der Waals surface area contributed by atoms with E-state index >= 15 is 0 Å². The number of fused-ring (bicyclic) bond motifs is 1. The van der Waals surface area contributed by atoms with E-state index in [1.807, 2.05) is 50.2 Å². The lowest BCUT2D eigenvalue weighted by Gasteiger charge is -2.13. The quantitative estimate of drug-likeness (QED) is 0.686. The van der Waals surface area contributed by atoms with E-state index in [0.29, 0.717) is 5.02 Å². The van der Waals surface area contributed by atoms with Crippen LogP contribution in [0.4, 0.5) is 5.69 Å². The van der Waals surface area contributed by atoms with Crippen LogP contribution in [0.1, 0.15) is 11.1 Å². The zero-order valence-electron chi connectivity index (χ0n) is 11.9. The number of pyridine rings is 1. The average Bonchev–Trinajstić information content (AvgIpc) is 2.44. The molecule has 0 spiro atoms. The van der Waals surface area contributed by atoms with Gasteiger partial charge in [-0.3, -0.25) is 4.98 Å². The lowest BCUT2D eigenvalue weighted by Crippen LogP contribution is -1.95. The molecule has 0 aliphatic carbocycles. The standard InChI is InChI=1S/C17H15ClN2O/c1-10-7-11(2)17(9-14(10)19)21-16-5-6-20-15-8-12(18)3-4-13(15)16/h3-9H,19H2,1-2H3. The Labute approximate surface area is 128 Å². The summed E-state index contributed by atoms with van der Waals surface area (Å²) >= 11 is 6.00. The Kier molecular flexibility index (Phi) is 3.43. The van der Waals surface area contributed by atoms with Crippen molar-refractivity contribution < 1.29 is 4.74 Å². The maximum absolute atomic E-state index is 6.04. The first-order chi connectivity index (χ1) is 10.0. The number of nitrogens with zero attached hydrogens (tertiary/aromatic N) is 1. The number of hydrogen-bond acceptors (Lipinski definition) is 3. The minimum Gasteiger partial charge on any atom is -0.456 e. The predicted molar refractivity (Wildman–Crippen MR) is 87.2 cm³/mol. The van der Waals surface area contributed by atoms with Crippen LogP contribution >= 0.6 is 11.6 Å². The summed E-state index contributed by atoms with van der Waals surface area (Å²) in [6.45, 7) is 3.98. The van der Waals surface area contributed by atoms with Gasteiger partial charge in [-0.15, -0.1) is 0 Å². The molecular formula is C17H15ClN2O. The molecule has 2 N–H and O–H groups in total. The van der Waals surface area contributed by atoms with E-state index in [9.17, 15) is 0 Å². The Hall–Kier alpha value is -2.26. The molecule has 0 amide bonds. The van der Waals surface area contributed by atoms with Crippen LogP contribution in [-0.4, -0.2) is 4.98 Å². The van der Waals surface area contributed by atoms with Crippen molar-refractivity contribution in [1.82, 2.24) is 4.98 Å². The van der Waals surface area contributed by atoms with Crippen LogP contribution in [-0.2, 0) is 0 Å². The van der Waals surface area contributed by atoms with Gasteiger partial charge in [0.1, 0.15) is 11.5 Å². The molecule has 0 saturated heterocycles. The van der Waals surface area contributed by atoms with Gasteiger partial charge in [-0.2, -0.15) is 0 Å². The van der Waals surface area contributed by atoms with Crippen LogP contribution in [0.25, 0.3) is 10.9 Å². The summed E-state index contributed by atoms with van der Waals surface area (Å²) < 4.78 is 6.04. The summed E-state index contributed by atoms with van der Waals surface area (Å²) in [6, 6.07) is 11.3. The summed E-state index contributed by atoms with van der Waals surface area (Å²) in [5.74, 6) is 1.49. The lowest BCUT2D eigenvalue weighted by atomic mass is 10.1. The first kappa shape index (κ1) is 13.7. The molecule has 0 atom stereocenters. The third-order valence-electron chi connectivity index (χ3n) is 3.45.